The fraction of sp³-hybridized carbons (Fsp3) is 0.353. The summed E-state index contributed by atoms with van der Waals surface area (Å²) in [6.07, 6.45) is 0.881. The van der Waals surface area contributed by atoms with Gasteiger partial charge in [-0.2, -0.15) is 0 Å². The highest BCUT2D eigenvalue weighted by atomic mass is 19.1. The first kappa shape index (κ1) is 18.7. The maximum Gasteiger partial charge on any atom is 0.274 e. The van der Waals surface area contributed by atoms with Crippen molar-refractivity contribution in [1.29, 1.82) is 0 Å². The predicted octanol–water partition coefficient (Wildman–Crippen LogP) is 2.68. The first-order valence-corrected chi connectivity index (χ1v) is 7.86. The molecule has 0 saturated carbocycles. The van der Waals surface area contributed by atoms with Crippen molar-refractivity contribution in [3.63, 3.8) is 0 Å². The summed E-state index contributed by atoms with van der Waals surface area (Å²) < 4.78 is 27.3. The Bertz CT molecular complexity index is 732. The Balaban J connectivity index is 2.09. The SMILES string of the molecule is Cc1cc(C(=O)Nc2c(F)cccc2F)nc(NCCCN(C)C)n1. The summed E-state index contributed by atoms with van der Waals surface area (Å²) in [5.74, 6) is -2.09. The van der Waals surface area contributed by atoms with E-state index in [1.165, 1.54) is 12.1 Å². The molecule has 1 aromatic heterocycles. The van der Waals surface area contributed by atoms with Crippen molar-refractivity contribution in [3.05, 3.63) is 47.3 Å². The van der Waals surface area contributed by atoms with Gasteiger partial charge < -0.3 is 15.5 Å². The van der Waals surface area contributed by atoms with Gasteiger partial charge in [-0.05, 0) is 52.2 Å². The molecule has 0 saturated heterocycles. The molecule has 134 valence electrons. The fourth-order valence-electron chi connectivity index (χ4n) is 2.15. The summed E-state index contributed by atoms with van der Waals surface area (Å²) in [7, 11) is 3.96. The zero-order valence-electron chi connectivity index (χ0n) is 14.4. The van der Waals surface area contributed by atoms with E-state index in [0.717, 1.165) is 25.1 Å². The molecule has 1 aromatic carbocycles. The van der Waals surface area contributed by atoms with Gasteiger partial charge in [0.05, 0.1) is 0 Å². The molecule has 25 heavy (non-hydrogen) atoms. The van der Waals surface area contributed by atoms with Gasteiger partial charge in [-0.15, -0.1) is 0 Å². The number of aromatic nitrogens is 2. The molecule has 2 rings (SSSR count). The van der Waals surface area contributed by atoms with Crippen LogP contribution in [0, 0.1) is 18.6 Å². The van der Waals surface area contributed by atoms with Crippen molar-refractivity contribution in [3.8, 4) is 0 Å². The van der Waals surface area contributed by atoms with E-state index in [4.69, 9.17) is 0 Å². The lowest BCUT2D eigenvalue weighted by Crippen LogP contribution is -2.19. The average Bonchev–Trinajstić information content (AvgIpc) is 2.54. The first-order valence-electron chi connectivity index (χ1n) is 7.86. The van der Waals surface area contributed by atoms with E-state index in [1.54, 1.807) is 6.92 Å². The van der Waals surface area contributed by atoms with Crippen molar-refractivity contribution >= 4 is 17.5 Å². The Morgan fingerprint density at radius 3 is 2.52 bits per heavy atom. The predicted molar refractivity (Wildman–Crippen MR) is 92.7 cm³/mol. The molecule has 0 bridgehead atoms. The molecule has 0 spiro atoms. The monoisotopic (exact) mass is 349 g/mol. The summed E-state index contributed by atoms with van der Waals surface area (Å²) in [5, 5.41) is 5.26. The molecule has 2 aromatic rings. The number of carbonyl (C=O) groups is 1. The normalized spacial score (nSPS) is 10.8. The molecule has 1 amide bonds. The second-order valence-electron chi connectivity index (χ2n) is 5.85. The van der Waals surface area contributed by atoms with Crippen LogP contribution in [0.5, 0.6) is 0 Å². The summed E-state index contributed by atoms with van der Waals surface area (Å²) in [6, 6.07) is 4.83. The summed E-state index contributed by atoms with van der Waals surface area (Å²) >= 11 is 0. The zero-order valence-corrected chi connectivity index (χ0v) is 14.4. The van der Waals surface area contributed by atoms with Crippen LogP contribution in [0.4, 0.5) is 20.4 Å². The van der Waals surface area contributed by atoms with Crippen molar-refractivity contribution in [2.45, 2.75) is 13.3 Å². The molecular formula is C17H21F2N5O. The van der Waals surface area contributed by atoms with Gasteiger partial charge in [-0.3, -0.25) is 4.79 Å². The van der Waals surface area contributed by atoms with Crippen LogP contribution in [0.2, 0.25) is 0 Å². The number of rotatable bonds is 7. The number of benzene rings is 1. The van der Waals surface area contributed by atoms with Crippen LogP contribution < -0.4 is 10.6 Å². The van der Waals surface area contributed by atoms with E-state index in [-0.39, 0.29) is 5.69 Å². The third-order valence-electron chi connectivity index (χ3n) is 3.35. The molecular weight excluding hydrogens is 328 g/mol. The van der Waals surface area contributed by atoms with Crippen molar-refractivity contribution in [2.24, 2.45) is 0 Å². The van der Waals surface area contributed by atoms with Gasteiger partial charge in [0, 0.05) is 12.2 Å². The molecule has 0 aliphatic rings. The van der Waals surface area contributed by atoms with Crippen molar-refractivity contribution < 1.29 is 13.6 Å². The van der Waals surface area contributed by atoms with Gasteiger partial charge in [0.15, 0.2) is 0 Å². The number of anilines is 2. The molecule has 0 fully saturated rings. The number of amides is 1. The third kappa shape index (κ3) is 5.46. The summed E-state index contributed by atoms with van der Waals surface area (Å²) in [5.41, 5.74) is 0.110. The number of aryl methyl sites for hydroxylation is 1. The fourth-order valence-corrected chi connectivity index (χ4v) is 2.15. The number of para-hydroxylation sites is 1. The highest BCUT2D eigenvalue weighted by Crippen LogP contribution is 2.19. The number of hydrogen-bond acceptors (Lipinski definition) is 5. The highest BCUT2D eigenvalue weighted by Gasteiger charge is 2.15. The minimum atomic E-state index is -0.846. The van der Waals surface area contributed by atoms with Crippen LogP contribution in [-0.2, 0) is 0 Å². The molecule has 1 heterocycles. The molecule has 2 N–H and O–H groups in total. The zero-order chi connectivity index (χ0) is 18.4. The first-order chi connectivity index (χ1) is 11.9. The Kier molecular flexibility index (Phi) is 6.35. The molecule has 0 unspecified atom stereocenters. The summed E-state index contributed by atoms with van der Waals surface area (Å²) in [4.78, 5) is 22.7. The van der Waals surface area contributed by atoms with Crippen molar-refractivity contribution in [1.82, 2.24) is 14.9 Å². The lowest BCUT2D eigenvalue weighted by Gasteiger charge is -2.11. The number of halogens is 2. The smallest absolute Gasteiger partial charge is 0.274 e. The van der Waals surface area contributed by atoms with Crippen LogP contribution >= 0.6 is 0 Å². The third-order valence-corrected chi connectivity index (χ3v) is 3.35. The second kappa shape index (κ2) is 8.48. The topological polar surface area (TPSA) is 70.2 Å². The van der Waals surface area contributed by atoms with Gasteiger partial charge in [-0.1, -0.05) is 6.07 Å². The standard InChI is InChI=1S/C17H21F2N5O/c1-11-10-14(22-17(21-11)20-8-5-9-24(2)3)16(25)23-15-12(18)6-4-7-13(15)19/h4,6-7,10H,5,8-9H2,1-3H3,(H,23,25)(H,20,21,22). The van der Waals surface area contributed by atoms with E-state index in [9.17, 15) is 13.6 Å². The minimum Gasteiger partial charge on any atom is -0.354 e. The van der Waals surface area contributed by atoms with Crippen LogP contribution in [-0.4, -0.2) is 48.0 Å². The van der Waals surface area contributed by atoms with Crippen LogP contribution in [0.1, 0.15) is 22.6 Å². The van der Waals surface area contributed by atoms with Crippen LogP contribution in [0.25, 0.3) is 0 Å². The number of nitrogens with one attached hydrogen (secondary N) is 2. The maximum atomic E-state index is 13.7. The molecule has 0 aliphatic carbocycles. The Morgan fingerprint density at radius 1 is 1.20 bits per heavy atom. The molecule has 0 atom stereocenters. The lowest BCUT2D eigenvalue weighted by atomic mass is 10.2. The number of nitrogens with zero attached hydrogens (tertiary/aromatic N) is 3. The highest BCUT2D eigenvalue weighted by molar-refractivity contribution is 6.03. The van der Waals surface area contributed by atoms with E-state index in [2.05, 4.69) is 25.5 Å². The largest absolute Gasteiger partial charge is 0.354 e. The molecule has 0 aliphatic heterocycles. The average molecular weight is 349 g/mol. The Morgan fingerprint density at radius 2 is 1.88 bits per heavy atom. The second-order valence-corrected chi connectivity index (χ2v) is 5.85. The molecule has 8 heteroatoms. The summed E-state index contributed by atoms with van der Waals surface area (Å²) in [6.45, 7) is 3.26. The van der Waals surface area contributed by atoms with Gasteiger partial charge in [0.1, 0.15) is 23.0 Å². The van der Waals surface area contributed by atoms with E-state index < -0.39 is 23.2 Å². The van der Waals surface area contributed by atoms with E-state index in [0.29, 0.717) is 18.2 Å². The van der Waals surface area contributed by atoms with Gasteiger partial charge in [-0.25, -0.2) is 18.7 Å². The number of carbonyl (C=O) groups excluding carboxylic acids is 1. The quantitative estimate of drug-likeness (QED) is 0.752. The molecule has 6 nitrogen and oxygen atoms in total. The minimum absolute atomic E-state index is 0.0327. The van der Waals surface area contributed by atoms with Gasteiger partial charge in [0.2, 0.25) is 5.95 Å². The van der Waals surface area contributed by atoms with E-state index in [1.807, 2.05) is 14.1 Å². The lowest BCUT2D eigenvalue weighted by molar-refractivity contribution is 0.102. The Labute approximate surface area is 145 Å². The number of hydrogen-bond donors (Lipinski definition) is 2. The van der Waals surface area contributed by atoms with Crippen LogP contribution in [0.15, 0.2) is 24.3 Å². The van der Waals surface area contributed by atoms with Gasteiger partial charge in [0.25, 0.3) is 5.91 Å². The Hall–Kier alpha value is -2.61. The maximum absolute atomic E-state index is 13.7. The van der Waals surface area contributed by atoms with E-state index >= 15 is 0 Å². The van der Waals surface area contributed by atoms with Gasteiger partial charge >= 0.3 is 0 Å². The van der Waals surface area contributed by atoms with Crippen LogP contribution in [0.3, 0.4) is 0 Å². The molecule has 0 radical (unpaired) electrons. The van der Waals surface area contributed by atoms with Crippen molar-refractivity contribution in [2.75, 3.05) is 37.8 Å².